The Morgan fingerprint density at radius 2 is 1.73 bits per heavy atom. The van der Waals surface area contributed by atoms with Crippen LogP contribution in [0.4, 0.5) is 0 Å². The molecule has 0 bridgehead atoms. The van der Waals surface area contributed by atoms with Gasteiger partial charge in [-0.3, -0.25) is 0 Å². The predicted octanol–water partition coefficient (Wildman–Crippen LogP) is 2.98. The van der Waals surface area contributed by atoms with Crippen molar-refractivity contribution in [1.82, 2.24) is 0 Å². The molecule has 60 valence electrons. The first-order valence-corrected chi connectivity index (χ1v) is 4.31. The van der Waals surface area contributed by atoms with Crippen LogP contribution in [0.25, 0.3) is 0 Å². The Labute approximate surface area is 70.4 Å². The molecule has 0 unspecified atom stereocenters. The molecule has 0 atom stereocenters. The Hall–Kier alpha value is -0.880. The standard InChI is InChI=1S/C11H16/c1-3-5-7-9-11-10-8-6-4-2/h1H,4-8,10H2,2H3. The Balaban J connectivity index is 3.07. The average molecular weight is 148 g/mol. The van der Waals surface area contributed by atoms with Crippen molar-refractivity contribution >= 4 is 0 Å². The van der Waals surface area contributed by atoms with E-state index in [0.717, 1.165) is 19.3 Å². The highest BCUT2D eigenvalue weighted by atomic mass is 13.8. The quantitative estimate of drug-likeness (QED) is 0.424. The van der Waals surface area contributed by atoms with Gasteiger partial charge >= 0.3 is 0 Å². The van der Waals surface area contributed by atoms with Crippen molar-refractivity contribution in [3.05, 3.63) is 0 Å². The Kier molecular flexibility index (Phi) is 8.39. The maximum absolute atomic E-state index is 5.07. The molecule has 0 radical (unpaired) electrons. The lowest BCUT2D eigenvalue weighted by Crippen LogP contribution is -1.71. The summed E-state index contributed by atoms with van der Waals surface area (Å²) in [6.45, 7) is 2.20. The number of hydrogen-bond donors (Lipinski definition) is 0. The van der Waals surface area contributed by atoms with Crippen LogP contribution in [0.15, 0.2) is 0 Å². The molecule has 0 spiro atoms. The molecule has 0 aromatic rings. The van der Waals surface area contributed by atoms with Gasteiger partial charge in [-0.2, -0.15) is 0 Å². The van der Waals surface area contributed by atoms with Gasteiger partial charge in [-0.05, 0) is 6.42 Å². The molecular weight excluding hydrogens is 132 g/mol. The summed E-state index contributed by atoms with van der Waals surface area (Å²) in [7, 11) is 0. The van der Waals surface area contributed by atoms with Gasteiger partial charge in [0.05, 0.1) is 0 Å². The zero-order valence-corrected chi connectivity index (χ0v) is 7.32. The summed E-state index contributed by atoms with van der Waals surface area (Å²) >= 11 is 0. The maximum Gasteiger partial charge on any atom is 0.0198 e. The molecule has 0 aromatic carbocycles. The van der Waals surface area contributed by atoms with E-state index in [1.807, 2.05) is 0 Å². The number of unbranched alkanes of at least 4 members (excludes halogenated alkanes) is 4. The van der Waals surface area contributed by atoms with E-state index >= 15 is 0 Å². The van der Waals surface area contributed by atoms with Crippen LogP contribution < -0.4 is 0 Å². The van der Waals surface area contributed by atoms with Crippen molar-refractivity contribution in [2.24, 2.45) is 0 Å². The van der Waals surface area contributed by atoms with Gasteiger partial charge in [0, 0.05) is 19.3 Å². The van der Waals surface area contributed by atoms with E-state index in [2.05, 4.69) is 24.7 Å². The molecule has 0 aromatic heterocycles. The highest BCUT2D eigenvalue weighted by Gasteiger charge is 1.80. The zero-order chi connectivity index (χ0) is 8.36. The molecule has 0 saturated heterocycles. The summed E-state index contributed by atoms with van der Waals surface area (Å²) in [5.41, 5.74) is 0. The molecule has 0 heterocycles. The van der Waals surface area contributed by atoms with Gasteiger partial charge in [-0.25, -0.2) is 0 Å². The lowest BCUT2D eigenvalue weighted by Gasteiger charge is -1.87. The van der Waals surface area contributed by atoms with Crippen LogP contribution >= 0.6 is 0 Å². The number of rotatable bonds is 4. The van der Waals surface area contributed by atoms with Crippen molar-refractivity contribution in [2.75, 3.05) is 0 Å². The van der Waals surface area contributed by atoms with E-state index in [1.165, 1.54) is 19.3 Å². The van der Waals surface area contributed by atoms with Crippen LogP contribution in [0.2, 0.25) is 0 Å². The summed E-state index contributed by atoms with van der Waals surface area (Å²) in [5, 5.41) is 0. The fraction of sp³-hybridized carbons (Fsp3) is 0.636. The van der Waals surface area contributed by atoms with E-state index in [4.69, 9.17) is 6.42 Å². The molecular formula is C11H16. The van der Waals surface area contributed by atoms with Gasteiger partial charge in [0.2, 0.25) is 0 Å². The van der Waals surface area contributed by atoms with Gasteiger partial charge in [-0.1, -0.05) is 19.8 Å². The van der Waals surface area contributed by atoms with Crippen molar-refractivity contribution < 1.29 is 0 Å². The molecule has 0 aliphatic heterocycles. The van der Waals surface area contributed by atoms with E-state index in [-0.39, 0.29) is 0 Å². The molecule has 0 heteroatoms. The summed E-state index contributed by atoms with van der Waals surface area (Å²) < 4.78 is 0. The minimum atomic E-state index is 0.792. The topological polar surface area (TPSA) is 0 Å². The van der Waals surface area contributed by atoms with Crippen LogP contribution in [0.3, 0.4) is 0 Å². The second-order valence-electron chi connectivity index (χ2n) is 2.51. The number of terminal acetylenes is 1. The van der Waals surface area contributed by atoms with Gasteiger partial charge in [-0.15, -0.1) is 24.2 Å². The smallest absolute Gasteiger partial charge is 0.0198 e. The molecule has 0 fully saturated rings. The van der Waals surface area contributed by atoms with E-state index in [9.17, 15) is 0 Å². The van der Waals surface area contributed by atoms with Crippen LogP contribution in [-0.2, 0) is 0 Å². The third kappa shape index (κ3) is 9.12. The molecule has 0 rings (SSSR count). The first kappa shape index (κ1) is 10.1. The third-order valence-electron chi connectivity index (χ3n) is 1.42. The lowest BCUT2D eigenvalue weighted by molar-refractivity contribution is 0.737. The monoisotopic (exact) mass is 148 g/mol. The van der Waals surface area contributed by atoms with E-state index < -0.39 is 0 Å². The average Bonchev–Trinajstić information content (AvgIpc) is 2.03. The molecule has 0 aliphatic rings. The highest BCUT2D eigenvalue weighted by molar-refractivity contribution is 5.01. The second-order valence-corrected chi connectivity index (χ2v) is 2.51. The molecule has 0 nitrogen and oxygen atoms in total. The van der Waals surface area contributed by atoms with Crippen molar-refractivity contribution in [2.45, 2.75) is 45.4 Å². The van der Waals surface area contributed by atoms with Gasteiger partial charge in [0.15, 0.2) is 0 Å². The fourth-order valence-corrected chi connectivity index (χ4v) is 0.775. The molecule has 0 amide bonds. The molecule has 11 heavy (non-hydrogen) atoms. The summed E-state index contributed by atoms with van der Waals surface area (Å²) in [5.74, 6) is 8.73. The molecule has 0 aliphatic carbocycles. The van der Waals surface area contributed by atoms with Crippen molar-refractivity contribution in [3.63, 3.8) is 0 Å². The SMILES string of the molecule is C#CCCC#CCCCCC. The summed E-state index contributed by atoms with van der Waals surface area (Å²) in [6.07, 6.45) is 11.6. The second kappa shape index (κ2) is 9.12. The largest absolute Gasteiger partial charge is 0.120 e. The Morgan fingerprint density at radius 3 is 2.36 bits per heavy atom. The highest BCUT2D eigenvalue weighted by Crippen LogP contribution is 1.96. The fourth-order valence-electron chi connectivity index (χ4n) is 0.775. The van der Waals surface area contributed by atoms with Gasteiger partial charge in [0.25, 0.3) is 0 Å². The first-order valence-electron chi connectivity index (χ1n) is 4.31. The van der Waals surface area contributed by atoms with Crippen LogP contribution in [0, 0.1) is 24.2 Å². The van der Waals surface area contributed by atoms with Crippen molar-refractivity contribution in [3.8, 4) is 24.2 Å². The summed E-state index contributed by atoms with van der Waals surface area (Å²) in [6, 6.07) is 0. The Morgan fingerprint density at radius 1 is 1.00 bits per heavy atom. The summed E-state index contributed by atoms with van der Waals surface area (Å²) in [4.78, 5) is 0. The molecule has 0 saturated carbocycles. The van der Waals surface area contributed by atoms with Crippen LogP contribution in [-0.4, -0.2) is 0 Å². The van der Waals surface area contributed by atoms with E-state index in [1.54, 1.807) is 0 Å². The Bertz CT molecular complexity index is 161. The number of hydrogen-bond acceptors (Lipinski definition) is 0. The van der Waals surface area contributed by atoms with Crippen LogP contribution in [0.1, 0.15) is 45.4 Å². The zero-order valence-electron chi connectivity index (χ0n) is 7.32. The van der Waals surface area contributed by atoms with Gasteiger partial charge < -0.3 is 0 Å². The van der Waals surface area contributed by atoms with Crippen molar-refractivity contribution in [1.29, 1.82) is 0 Å². The van der Waals surface area contributed by atoms with E-state index in [0.29, 0.717) is 0 Å². The first-order chi connectivity index (χ1) is 5.41. The predicted molar refractivity (Wildman–Crippen MR) is 50.0 cm³/mol. The molecule has 0 N–H and O–H groups in total. The van der Waals surface area contributed by atoms with Crippen LogP contribution in [0.5, 0.6) is 0 Å². The van der Waals surface area contributed by atoms with Gasteiger partial charge in [0.1, 0.15) is 0 Å². The minimum absolute atomic E-state index is 0.792. The normalized spacial score (nSPS) is 8.00. The minimum Gasteiger partial charge on any atom is -0.120 e. The maximum atomic E-state index is 5.07. The lowest BCUT2D eigenvalue weighted by atomic mass is 10.2. The third-order valence-corrected chi connectivity index (χ3v) is 1.42.